The van der Waals surface area contributed by atoms with Gasteiger partial charge in [0.25, 0.3) is 0 Å². The summed E-state index contributed by atoms with van der Waals surface area (Å²) in [4.78, 5) is 34.3. The third-order valence-electron chi connectivity index (χ3n) is 6.61. The Balaban J connectivity index is 1.40. The summed E-state index contributed by atoms with van der Waals surface area (Å²) in [6, 6.07) is 11.8. The number of imidazole rings is 1. The molecule has 1 aromatic carbocycles. The van der Waals surface area contributed by atoms with Crippen molar-refractivity contribution in [3.63, 3.8) is 0 Å². The topological polar surface area (TPSA) is 80.2 Å². The summed E-state index contributed by atoms with van der Waals surface area (Å²) in [7, 11) is 0. The van der Waals surface area contributed by atoms with Crippen LogP contribution in [0.5, 0.6) is 0 Å². The second-order valence-corrected chi connectivity index (χ2v) is 9.37. The van der Waals surface area contributed by atoms with Gasteiger partial charge < -0.3 is 9.72 Å². The number of aromatic amines is 1. The van der Waals surface area contributed by atoms with Gasteiger partial charge in [-0.1, -0.05) is 41.9 Å². The Morgan fingerprint density at radius 3 is 2.48 bits per heavy atom. The average Bonchev–Trinajstić information content (AvgIpc) is 3.19. The zero-order chi connectivity index (χ0) is 21.8. The van der Waals surface area contributed by atoms with Crippen molar-refractivity contribution in [2.45, 2.75) is 63.3 Å². The van der Waals surface area contributed by atoms with Crippen LogP contribution >= 0.6 is 11.6 Å². The number of hydrogen-bond acceptors (Lipinski definition) is 4. The number of fused-ring (bicyclic) bond motifs is 1. The molecule has 0 unspecified atom stereocenters. The standard InChI is InChI=1S/C23H25ClN4O3/c1-23(2)20(14-6-4-3-5-7-14)28(22(30)31-23)16-10-8-15(9-11-16)27-18-12-19(24)25-13-17(18)26-21(27)29/h3-7,12-13,15-16,20H,8-11H2,1-2H3,(H,26,29)/t15-,16-,20-/m0/s1. The van der Waals surface area contributed by atoms with Crippen molar-refractivity contribution in [1.82, 2.24) is 19.4 Å². The second kappa shape index (κ2) is 7.41. The number of cyclic esters (lactones) is 1. The Hall–Kier alpha value is -2.80. The number of pyridine rings is 1. The molecule has 3 heterocycles. The quantitative estimate of drug-likeness (QED) is 0.591. The van der Waals surface area contributed by atoms with Gasteiger partial charge in [-0.25, -0.2) is 14.6 Å². The fourth-order valence-electron chi connectivity index (χ4n) is 5.29. The van der Waals surface area contributed by atoms with E-state index >= 15 is 0 Å². The maximum atomic E-state index is 12.9. The van der Waals surface area contributed by atoms with Crippen LogP contribution in [0.15, 0.2) is 47.4 Å². The number of carbonyl (C=O) groups is 1. The number of ether oxygens (including phenoxy) is 1. The van der Waals surface area contributed by atoms with Crippen molar-refractivity contribution >= 4 is 28.7 Å². The number of nitrogens with one attached hydrogen (secondary N) is 1. The third kappa shape index (κ3) is 3.41. The number of nitrogens with zero attached hydrogens (tertiary/aromatic N) is 3. The van der Waals surface area contributed by atoms with Crippen molar-refractivity contribution in [3.8, 4) is 0 Å². The molecule has 1 aliphatic heterocycles. The number of hydrogen-bond donors (Lipinski definition) is 1. The van der Waals surface area contributed by atoms with E-state index in [-0.39, 0.29) is 29.9 Å². The van der Waals surface area contributed by atoms with E-state index in [0.717, 1.165) is 36.8 Å². The van der Waals surface area contributed by atoms with E-state index in [1.807, 2.05) is 36.9 Å². The van der Waals surface area contributed by atoms with Crippen LogP contribution in [0.4, 0.5) is 4.79 Å². The van der Waals surface area contributed by atoms with Crippen LogP contribution in [-0.4, -0.2) is 37.2 Å². The van der Waals surface area contributed by atoms with Crippen molar-refractivity contribution in [2.24, 2.45) is 0 Å². The number of aromatic nitrogens is 3. The highest BCUT2D eigenvalue weighted by Crippen LogP contribution is 2.45. The molecule has 2 fully saturated rings. The van der Waals surface area contributed by atoms with Crippen molar-refractivity contribution in [2.75, 3.05) is 0 Å². The van der Waals surface area contributed by atoms with Crippen LogP contribution in [-0.2, 0) is 4.74 Å². The maximum absolute atomic E-state index is 12.9. The summed E-state index contributed by atoms with van der Waals surface area (Å²) >= 11 is 6.07. The summed E-state index contributed by atoms with van der Waals surface area (Å²) in [6.07, 6.45) is 4.53. The number of amides is 1. The highest BCUT2D eigenvalue weighted by Gasteiger charge is 2.51. The highest BCUT2D eigenvalue weighted by atomic mass is 35.5. The van der Waals surface area contributed by atoms with Crippen LogP contribution in [0, 0.1) is 0 Å². The number of H-pyrrole nitrogens is 1. The van der Waals surface area contributed by atoms with Crippen LogP contribution in [0.1, 0.15) is 57.2 Å². The Labute approximate surface area is 185 Å². The first-order valence-corrected chi connectivity index (χ1v) is 11.0. The maximum Gasteiger partial charge on any atom is 0.411 e. The molecule has 2 aliphatic rings. The lowest BCUT2D eigenvalue weighted by molar-refractivity contribution is 0.0662. The van der Waals surface area contributed by atoms with E-state index in [4.69, 9.17) is 16.3 Å². The first-order valence-electron chi connectivity index (χ1n) is 10.7. The van der Waals surface area contributed by atoms with Crippen LogP contribution < -0.4 is 5.69 Å². The Bertz CT molecular complexity index is 1180. The summed E-state index contributed by atoms with van der Waals surface area (Å²) in [6.45, 7) is 3.94. The van der Waals surface area contributed by atoms with Gasteiger partial charge in [0.05, 0.1) is 23.3 Å². The SMILES string of the molecule is CC1(C)OC(=O)N([C@H]2CC[C@H](n3c(=O)[nH]c4cnc(Cl)cc43)CC2)[C@H]1c1ccccc1. The predicted molar refractivity (Wildman–Crippen MR) is 118 cm³/mol. The van der Waals surface area contributed by atoms with Crippen molar-refractivity contribution < 1.29 is 9.53 Å². The predicted octanol–water partition coefficient (Wildman–Crippen LogP) is 4.83. The zero-order valence-electron chi connectivity index (χ0n) is 17.5. The number of rotatable bonds is 3. The van der Waals surface area contributed by atoms with Crippen molar-refractivity contribution in [1.29, 1.82) is 0 Å². The van der Waals surface area contributed by atoms with Gasteiger partial charge in [-0.15, -0.1) is 0 Å². The minimum Gasteiger partial charge on any atom is -0.441 e. The molecule has 31 heavy (non-hydrogen) atoms. The average molecular weight is 441 g/mol. The lowest BCUT2D eigenvalue weighted by Gasteiger charge is -2.38. The molecule has 1 saturated heterocycles. The molecule has 3 aromatic rings. The van der Waals surface area contributed by atoms with E-state index in [2.05, 4.69) is 22.1 Å². The molecule has 8 heteroatoms. The fraction of sp³-hybridized carbons (Fsp3) is 0.435. The first kappa shape index (κ1) is 20.1. The summed E-state index contributed by atoms with van der Waals surface area (Å²) < 4.78 is 7.57. The lowest BCUT2D eigenvalue weighted by Crippen LogP contribution is -2.43. The summed E-state index contributed by atoms with van der Waals surface area (Å²) in [5, 5.41) is 0.363. The van der Waals surface area contributed by atoms with Crippen LogP contribution in [0.25, 0.3) is 11.0 Å². The monoisotopic (exact) mass is 440 g/mol. The molecule has 0 spiro atoms. The Morgan fingerprint density at radius 2 is 1.77 bits per heavy atom. The third-order valence-corrected chi connectivity index (χ3v) is 6.81. The van der Waals surface area contributed by atoms with E-state index in [0.29, 0.717) is 10.7 Å². The Kier molecular flexibility index (Phi) is 4.81. The summed E-state index contributed by atoms with van der Waals surface area (Å²) in [5.74, 6) is 0. The second-order valence-electron chi connectivity index (χ2n) is 8.98. The molecule has 1 N–H and O–H groups in total. The molecule has 1 aliphatic carbocycles. The van der Waals surface area contributed by atoms with Gasteiger partial charge in [0.2, 0.25) is 0 Å². The van der Waals surface area contributed by atoms with Gasteiger partial charge in [0, 0.05) is 18.2 Å². The van der Waals surface area contributed by atoms with Gasteiger partial charge in [0.1, 0.15) is 10.8 Å². The van der Waals surface area contributed by atoms with E-state index in [1.54, 1.807) is 16.8 Å². The number of benzene rings is 1. The number of carbonyl (C=O) groups excluding carboxylic acids is 1. The molecule has 2 aromatic heterocycles. The molecule has 1 atom stereocenters. The molecule has 0 radical (unpaired) electrons. The fourth-order valence-corrected chi connectivity index (χ4v) is 5.44. The molecule has 7 nitrogen and oxygen atoms in total. The van der Waals surface area contributed by atoms with Gasteiger partial charge in [0.15, 0.2) is 0 Å². The minimum atomic E-state index is -0.604. The van der Waals surface area contributed by atoms with Crippen LogP contribution in [0.2, 0.25) is 5.15 Å². The number of halogens is 1. The first-order chi connectivity index (χ1) is 14.8. The molecule has 1 amide bonds. The smallest absolute Gasteiger partial charge is 0.411 e. The Morgan fingerprint density at radius 1 is 1.10 bits per heavy atom. The molecule has 162 valence electrons. The molecular formula is C23H25ClN4O3. The largest absolute Gasteiger partial charge is 0.441 e. The van der Waals surface area contributed by atoms with Gasteiger partial charge in [-0.05, 0) is 45.1 Å². The zero-order valence-corrected chi connectivity index (χ0v) is 18.3. The van der Waals surface area contributed by atoms with Gasteiger partial charge in [-0.2, -0.15) is 0 Å². The van der Waals surface area contributed by atoms with E-state index < -0.39 is 5.60 Å². The van der Waals surface area contributed by atoms with E-state index in [1.165, 1.54) is 0 Å². The lowest BCUT2D eigenvalue weighted by atomic mass is 9.86. The normalized spacial score (nSPS) is 25.7. The molecule has 5 rings (SSSR count). The minimum absolute atomic E-state index is 0.0535. The van der Waals surface area contributed by atoms with Gasteiger partial charge in [-0.3, -0.25) is 9.47 Å². The van der Waals surface area contributed by atoms with Crippen molar-refractivity contribution in [3.05, 3.63) is 63.8 Å². The van der Waals surface area contributed by atoms with Gasteiger partial charge >= 0.3 is 11.8 Å². The molecule has 1 saturated carbocycles. The molecule has 0 bridgehead atoms. The highest BCUT2D eigenvalue weighted by molar-refractivity contribution is 6.29. The van der Waals surface area contributed by atoms with Crippen LogP contribution in [0.3, 0.4) is 0 Å². The van der Waals surface area contributed by atoms with E-state index in [9.17, 15) is 9.59 Å². The molecular weight excluding hydrogens is 416 g/mol. The summed E-state index contributed by atoms with van der Waals surface area (Å²) in [5.41, 5.74) is 1.79.